The van der Waals surface area contributed by atoms with Crippen molar-refractivity contribution in [2.24, 2.45) is 40.4 Å². The summed E-state index contributed by atoms with van der Waals surface area (Å²) in [7, 11) is 1.45. The smallest absolute Gasteiger partial charge is 0.367 e. The largest absolute Gasteiger partial charge is 0.458 e. The quantitative estimate of drug-likeness (QED) is 0.0998. The van der Waals surface area contributed by atoms with E-state index in [2.05, 4.69) is 19.9 Å². The predicted octanol–water partition coefficient (Wildman–Crippen LogP) is -0.0361. The summed E-state index contributed by atoms with van der Waals surface area (Å²) in [4.78, 5) is 27.2. The highest BCUT2D eigenvalue weighted by molar-refractivity contribution is 5.82. The van der Waals surface area contributed by atoms with Gasteiger partial charge >= 0.3 is 5.97 Å². The zero-order valence-corrected chi connectivity index (χ0v) is 38.4. The van der Waals surface area contributed by atoms with Crippen LogP contribution >= 0.6 is 0 Å². The van der Waals surface area contributed by atoms with Gasteiger partial charge in [-0.2, -0.15) is 0 Å². The van der Waals surface area contributed by atoms with Crippen LogP contribution in [-0.2, 0) is 52.2 Å². The zero-order valence-electron chi connectivity index (χ0n) is 38.4. The Kier molecular flexibility index (Phi) is 14.4. The Morgan fingerprint density at radius 3 is 1.97 bits per heavy atom. The predicted molar refractivity (Wildman–Crippen MR) is 222 cm³/mol. The van der Waals surface area contributed by atoms with E-state index in [0.717, 1.165) is 25.7 Å². The molecule has 0 unspecified atom stereocenters. The van der Waals surface area contributed by atoms with Gasteiger partial charge in [0.1, 0.15) is 72.9 Å². The molecule has 4 heterocycles. The number of rotatable bonds is 11. The number of carbonyl (C=O) groups is 2. The lowest BCUT2D eigenvalue weighted by Gasteiger charge is -2.58. The Hall–Kier alpha value is -1.76. The third kappa shape index (κ3) is 8.69. The summed E-state index contributed by atoms with van der Waals surface area (Å²) in [6.45, 7) is 10.7. The molecule has 25 atom stereocenters. The van der Waals surface area contributed by atoms with Gasteiger partial charge in [-0.3, -0.25) is 4.79 Å². The number of hydrogen-bond acceptors (Lipinski definition) is 19. The Labute approximate surface area is 379 Å². The van der Waals surface area contributed by atoms with E-state index in [1.807, 2.05) is 6.92 Å². The molecular formula is C46H72O19. The van der Waals surface area contributed by atoms with Crippen LogP contribution < -0.4 is 0 Å². The van der Waals surface area contributed by atoms with Crippen LogP contribution in [0.2, 0.25) is 0 Å². The molecule has 0 aromatic carbocycles. The fraction of sp³-hybridized carbons (Fsp3) is 0.913. The van der Waals surface area contributed by atoms with Crippen molar-refractivity contribution in [1.29, 1.82) is 0 Å². The minimum Gasteiger partial charge on any atom is -0.458 e. The summed E-state index contributed by atoms with van der Waals surface area (Å²) in [6.07, 6.45) is -15.7. The molecule has 4 aliphatic carbocycles. The summed E-state index contributed by atoms with van der Waals surface area (Å²) in [5.41, 5.74) is 0.628. The van der Waals surface area contributed by atoms with Crippen LogP contribution in [0.3, 0.4) is 0 Å². The molecule has 65 heavy (non-hydrogen) atoms. The maximum Gasteiger partial charge on any atom is 0.367 e. The van der Waals surface area contributed by atoms with Gasteiger partial charge < -0.3 is 83.5 Å². The highest BCUT2D eigenvalue weighted by Gasteiger charge is 2.64. The number of esters is 1. The Bertz CT molecular complexity index is 1750. The van der Waals surface area contributed by atoms with Gasteiger partial charge in [-0.25, -0.2) is 4.79 Å². The first-order valence-electron chi connectivity index (χ1n) is 23.6. The fourth-order valence-electron chi connectivity index (χ4n) is 13.2. The fourth-order valence-corrected chi connectivity index (χ4v) is 13.2. The molecule has 0 bridgehead atoms. The van der Waals surface area contributed by atoms with Gasteiger partial charge in [0.2, 0.25) is 0 Å². The van der Waals surface area contributed by atoms with Crippen molar-refractivity contribution in [1.82, 2.24) is 0 Å². The lowest BCUT2D eigenvalue weighted by molar-refractivity contribution is -0.388. The zero-order chi connectivity index (χ0) is 47.1. The average Bonchev–Trinajstić information content (AvgIpc) is 3.81. The van der Waals surface area contributed by atoms with Gasteiger partial charge in [-0.15, -0.1) is 0 Å². The molecule has 0 aromatic heterocycles. The first-order valence-corrected chi connectivity index (χ1v) is 23.6. The molecule has 4 saturated heterocycles. The van der Waals surface area contributed by atoms with Crippen LogP contribution in [0.4, 0.5) is 0 Å². The molecule has 8 N–H and O–H groups in total. The standard InChI is InChI=1S/C46H72O19/c1-19-16-46(57-7,58-18-19)43(56)63-28-15-27-25-9-8-23-14-24(10-12-44(23,5)26(25)11-13-45(27,6)30(28)20(2)48)61-42-39(65-41-36(54)34(52)32(50)22(4)60-41)37(55)38(29(17-47)62-42)64-40-35(53)33(51)31(49)21(3)59-40/h8,19,21-22,24-42,47,49-55H,9-18H2,1-7H3/t19-,21-,22-,24-,25+,26-,27-,28-,29+,30-,31-,32-,33+,34+,35+,36+,37-,38+,39+,40-,41-,42+,44-,45+,46+/m0/s1. The molecule has 370 valence electrons. The van der Waals surface area contributed by atoms with Gasteiger partial charge in [-0.1, -0.05) is 32.4 Å². The molecular weight excluding hydrogens is 856 g/mol. The number of aliphatic hydroxyl groups excluding tert-OH is 8. The second-order valence-corrected chi connectivity index (χ2v) is 20.9. The first-order chi connectivity index (χ1) is 30.7. The molecule has 19 nitrogen and oxygen atoms in total. The van der Waals surface area contributed by atoms with Crippen molar-refractivity contribution in [3.8, 4) is 0 Å². The molecule has 3 saturated carbocycles. The van der Waals surface area contributed by atoms with Crippen molar-refractivity contribution < 1.29 is 93.1 Å². The summed E-state index contributed by atoms with van der Waals surface area (Å²) in [5.74, 6) is -1.75. The van der Waals surface area contributed by atoms with Crippen molar-refractivity contribution in [2.45, 2.75) is 203 Å². The van der Waals surface area contributed by atoms with Crippen molar-refractivity contribution in [3.05, 3.63) is 11.6 Å². The summed E-state index contributed by atoms with van der Waals surface area (Å²) < 4.78 is 54.1. The Morgan fingerprint density at radius 2 is 1.40 bits per heavy atom. The van der Waals surface area contributed by atoms with Crippen LogP contribution in [0, 0.1) is 40.4 Å². The van der Waals surface area contributed by atoms with Gasteiger partial charge in [0.25, 0.3) is 5.79 Å². The van der Waals surface area contributed by atoms with Gasteiger partial charge in [0.15, 0.2) is 18.9 Å². The van der Waals surface area contributed by atoms with Crippen LogP contribution in [0.1, 0.15) is 92.9 Å². The molecule has 0 spiro atoms. The van der Waals surface area contributed by atoms with E-state index in [1.165, 1.54) is 26.5 Å². The first kappa shape index (κ1) is 49.7. The molecule has 19 heteroatoms. The second-order valence-electron chi connectivity index (χ2n) is 20.9. The lowest BCUT2D eigenvalue weighted by atomic mass is 9.47. The maximum atomic E-state index is 13.7. The van der Waals surface area contributed by atoms with Gasteiger partial charge in [0, 0.05) is 13.5 Å². The van der Waals surface area contributed by atoms with Crippen molar-refractivity contribution in [2.75, 3.05) is 20.3 Å². The van der Waals surface area contributed by atoms with E-state index in [-0.39, 0.29) is 40.3 Å². The third-order valence-corrected chi connectivity index (χ3v) is 16.9. The van der Waals surface area contributed by atoms with Gasteiger partial charge in [-0.05, 0) is 100 Å². The summed E-state index contributed by atoms with van der Waals surface area (Å²) >= 11 is 0. The van der Waals surface area contributed by atoms with Crippen LogP contribution in [0.15, 0.2) is 11.6 Å². The van der Waals surface area contributed by atoms with Crippen LogP contribution in [0.25, 0.3) is 0 Å². The van der Waals surface area contributed by atoms with E-state index in [0.29, 0.717) is 32.3 Å². The minimum atomic E-state index is -1.75. The molecule has 7 fully saturated rings. The normalized spacial score (nSPS) is 53.4. The molecule has 8 aliphatic rings. The number of aliphatic hydroxyl groups is 8. The molecule has 0 aromatic rings. The Balaban J connectivity index is 0.999. The maximum absolute atomic E-state index is 13.7. The molecule has 0 radical (unpaired) electrons. The summed E-state index contributed by atoms with van der Waals surface area (Å²) in [5, 5.41) is 85.9. The van der Waals surface area contributed by atoms with Crippen LogP contribution in [0.5, 0.6) is 0 Å². The number of carbonyl (C=O) groups excluding carboxylic acids is 2. The summed E-state index contributed by atoms with van der Waals surface area (Å²) in [6, 6.07) is 0. The topological polar surface area (TPSA) is 279 Å². The third-order valence-electron chi connectivity index (χ3n) is 16.9. The average molecular weight is 929 g/mol. The highest BCUT2D eigenvalue weighted by atomic mass is 16.8. The monoisotopic (exact) mass is 928 g/mol. The molecule has 8 rings (SSSR count). The van der Waals surface area contributed by atoms with E-state index in [1.54, 1.807) is 6.92 Å². The van der Waals surface area contributed by atoms with E-state index >= 15 is 0 Å². The van der Waals surface area contributed by atoms with Crippen molar-refractivity contribution in [3.63, 3.8) is 0 Å². The Morgan fingerprint density at radius 1 is 0.769 bits per heavy atom. The van der Waals surface area contributed by atoms with Gasteiger partial charge in [0.05, 0.1) is 37.4 Å². The lowest BCUT2D eigenvalue weighted by Crippen LogP contribution is -2.66. The molecule has 0 amide bonds. The number of Topliss-reactive ketones (excluding diaryl/α,β-unsaturated/α-hetero) is 1. The number of allylic oxidation sites excluding steroid dienone is 1. The number of ether oxygens (including phenoxy) is 9. The number of hydrogen-bond donors (Lipinski definition) is 8. The molecule has 4 aliphatic heterocycles. The van der Waals surface area contributed by atoms with E-state index in [4.69, 9.17) is 42.6 Å². The van der Waals surface area contributed by atoms with E-state index < -0.39 is 129 Å². The number of fused-ring (bicyclic) bond motifs is 5. The van der Waals surface area contributed by atoms with Crippen molar-refractivity contribution >= 4 is 11.8 Å². The SMILES string of the molecule is CO[C@]1(C(=O)O[C@H]2C[C@H]3[C@@H]4CC=C5C[C@@H](O[C@@H]6O[C@H](CO)[C@@H](O[C@@H]7O[C@@H](C)[C@H](O)[C@@H](O)[C@H]7O)[C@H](O)[C@H]6O[C@@H]6O[C@@H](C)[C@H](O)[C@@H](O)[C@H]6O)CC[C@]5(C)[C@H]4CC[C@@]3(C)[C@H]2C(C)=O)C[C@H](C)CO1. The number of ketones is 1. The van der Waals surface area contributed by atoms with E-state index in [9.17, 15) is 50.4 Å². The minimum absolute atomic E-state index is 0.00831. The highest BCUT2D eigenvalue weighted by Crippen LogP contribution is 2.67. The second kappa shape index (κ2) is 18.9. The number of methoxy groups -OCH3 is 1. The van der Waals surface area contributed by atoms with Crippen LogP contribution in [-0.4, -0.2) is 183 Å².